The first-order valence-corrected chi connectivity index (χ1v) is 7.70. The number of nitrogens with zero attached hydrogens (tertiary/aromatic N) is 4. The minimum Gasteiger partial charge on any atom is -0.360 e. The van der Waals surface area contributed by atoms with Gasteiger partial charge in [0.05, 0.1) is 12.2 Å². The molecule has 0 fully saturated rings. The summed E-state index contributed by atoms with van der Waals surface area (Å²) >= 11 is 1.63. The summed E-state index contributed by atoms with van der Waals surface area (Å²) < 4.78 is 2.31. The van der Waals surface area contributed by atoms with Crippen LogP contribution in [0, 0.1) is 6.92 Å². The van der Waals surface area contributed by atoms with E-state index in [1.54, 1.807) is 11.3 Å². The van der Waals surface area contributed by atoms with E-state index in [1.807, 2.05) is 0 Å². The molecule has 1 aliphatic rings. The first-order valence-electron chi connectivity index (χ1n) is 6.89. The molecule has 0 aromatic carbocycles. The van der Waals surface area contributed by atoms with Crippen LogP contribution in [0.15, 0.2) is 0 Å². The number of imidazole rings is 1. The predicted molar refractivity (Wildman–Crippen MR) is 76.8 cm³/mol. The highest BCUT2D eigenvalue weighted by Crippen LogP contribution is 2.24. The summed E-state index contributed by atoms with van der Waals surface area (Å²) in [6.45, 7) is 5.84. The van der Waals surface area contributed by atoms with Gasteiger partial charge in [0.15, 0.2) is 0 Å². The molecule has 5 nitrogen and oxygen atoms in total. The molecule has 0 saturated heterocycles. The van der Waals surface area contributed by atoms with Crippen molar-refractivity contribution in [3.63, 3.8) is 0 Å². The highest BCUT2D eigenvalue weighted by atomic mass is 32.1. The lowest BCUT2D eigenvalue weighted by molar-refractivity contribution is 0.622. The normalized spacial score (nSPS) is 14.4. The van der Waals surface area contributed by atoms with Gasteiger partial charge >= 0.3 is 0 Å². The van der Waals surface area contributed by atoms with Crippen molar-refractivity contribution in [1.29, 1.82) is 0 Å². The number of anilines is 1. The second-order valence-corrected chi connectivity index (χ2v) is 5.94. The topological polar surface area (TPSA) is 55.6 Å². The Bertz CT molecular complexity index is 572. The summed E-state index contributed by atoms with van der Waals surface area (Å²) in [5.74, 6) is 1.10. The number of nitrogens with one attached hydrogen (secondary N) is 1. The standard InChI is InChI=1S/C13H19N5S/c1-3-14-13-17-16-12(19-13)8-18-9(2)15-10-6-4-5-7-11(10)18/h3-8H2,1-2H3,(H,14,17). The molecule has 2 heterocycles. The lowest BCUT2D eigenvalue weighted by Gasteiger charge is -2.13. The minimum atomic E-state index is 0.803. The van der Waals surface area contributed by atoms with Gasteiger partial charge in [-0.25, -0.2) is 4.98 Å². The van der Waals surface area contributed by atoms with Crippen LogP contribution in [0.3, 0.4) is 0 Å². The van der Waals surface area contributed by atoms with Crippen molar-refractivity contribution in [3.8, 4) is 0 Å². The Kier molecular flexibility index (Phi) is 3.50. The number of rotatable bonds is 4. The van der Waals surface area contributed by atoms with Crippen LogP contribution in [-0.2, 0) is 19.4 Å². The van der Waals surface area contributed by atoms with Crippen LogP contribution in [0.5, 0.6) is 0 Å². The molecular formula is C13H19N5S. The van der Waals surface area contributed by atoms with Gasteiger partial charge in [0.2, 0.25) is 5.13 Å². The van der Waals surface area contributed by atoms with Gasteiger partial charge in [0, 0.05) is 12.2 Å². The van der Waals surface area contributed by atoms with E-state index in [0.29, 0.717) is 0 Å². The molecular weight excluding hydrogens is 258 g/mol. The SMILES string of the molecule is CCNc1nnc(Cn2c(C)nc3c2CCCC3)s1. The Morgan fingerprint density at radius 2 is 2.11 bits per heavy atom. The monoisotopic (exact) mass is 277 g/mol. The Morgan fingerprint density at radius 3 is 2.95 bits per heavy atom. The van der Waals surface area contributed by atoms with Gasteiger partial charge in [-0.15, -0.1) is 10.2 Å². The molecule has 3 rings (SSSR count). The van der Waals surface area contributed by atoms with Gasteiger partial charge in [0.1, 0.15) is 10.8 Å². The molecule has 102 valence electrons. The lowest BCUT2D eigenvalue weighted by Crippen LogP contribution is -2.10. The van der Waals surface area contributed by atoms with Gasteiger partial charge in [-0.05, 0) is 39.5 Å². The Labute approximate surface area is 117 Å². The first kappa shape index (κ1) is 12.6. The fraction of sp³-hybridized carbons (Fsp3) is 0.615. The fourth-order valence-electron chi connectivity index (χ4n) is 2.62. The number of fused-ring (bicyclic) bond motifs is 1. The molecule has 0 unspecified atom stereocenters. The summed E-state index contributed by atoms with van der Waals surface area (Å²) in [4.78, 5) is 4.69. The van der Waals surface area contributed by atoms with Crippen LogP contribution in [-0.4, -0.2) is 26.3 Å². The van der Waals surface area contributed by atoms with Crippen LogP contribution >= 0.6 is 11.3 Å². The third-order valence-corrected chi connectivity index (χ3v) is 4.38. The summed E-state index contributed by atoms with van der Waals surface area (Å²) in [7, 11) is 0. The summed E-state index contributed by atoms with van der Waals surface area (Å²) in [6, 6.07) is 0. The van der Waals surface area contributed by atoms with E-state index in [-0.39, 0.29) is 0 Å². The highest BCUT2D eigenvalue weighted by molar-refractivity contribution is 7.15. The molecule has 0 saturated carbocycles. The lowest BCUT2D eigenvalue weighted by atomic mass is 10.0. The Hall–Kier alpha value is -1.43. The summed E-state index contributed by atoms with van der Waals surface area (Å²) in [5.41, 5.74) is 2.70. The van der Waals surface area contributed by atoms with E-state index < -0.39 is 0 Å². The Morgan fingerprint density at radius 1 is 1.26 bits per heavy atom. The van der Waals surface area contributed by atoms with E-state index in [1.165, 1.54) is 24.2 Å². The van der Waals surface area contributed by atoms with Crippen LogP contribution in [0.1, 0.15) is 42.0 Å². The van der Waals surface area contributed by atoms with Crippen molar-refractivity contribution in [1.82, 2.24) is 19.7 Å². The van der Waals surface area contributed by atoms with Crippen LogP contribution in [0.25, 0.3) is 0 Å². The van der Waals surface area contributed by atoms with Gasteiger partial charge in [-0.1, -0.05) is 11.3 Å². The zero-order chi connectivity index (χ0) is 13.2. The van der Waals surface area contributed by atoms with Crippen molar-refractivity contribution in [2.24, 2.45) is 0 Å². The smallest absolute Gasteiger partial charge is 0.205 e. The third kappa shape index (κ3) is 2.49. The third-order valence-electron chi connectivity index (χ3n) is 3.51. The summed E-state index contributed by atoms with van der Waals surface area (Å²) in [5, 5.41) is 13.6. The molecule has 1 N–H and O–H groups in total. The fourth-order valence-corrected chi connectivity index (χ4v) is 3.42. The molecule has 6 heteroatoms. The predicted octanol–water partition coefficient (Wildman–Crippen LogP) is 2.40. The molecule has 0 aliphatic heterocycles. The van der Waals surface area contributed by atoms with Gasteiger partial charge in [-0.2, -0.15) is 0 Å². The maximum absolute atomic E-state index is 4.69. The second-order valence-electron chi connectivity index (χ2n) is 4.88. The van der Waals surface area contributed by atoms with Crippen LogP contribution in [0.2, 0.25) is 0 Å². The first-order chi connectivity index (χ1) is 9.28. The van der Waals surface area contributed by atoms with Crippen molar-refractivity contribution in [3.05, 3.63) is 22.2 Å². The van der Waals surface area contributed by atoms with E-state index in [2.05, 4.69) is 33.9 Å². The molecule has 1 aliphatic carbocycles. The maximum Gasteiger partial charge on any atom is 0.205 e. The van der Waals surface area contributed by atoms with Crippen molar-refractivity contribution < 1.29 is 0 Å². The maximum atomic E-state index is 4.69. The van der Waals surface area contributed by atoms with E-state index in [0.717, 1.165) is 41.9 Å². The molecule has 19 heavy (non-hydrogen) atoms. The number of hydrogen-bond acceptors (Lipinski definition) is 5. The molecule has 0 bridgehead atoms. The Balaban J connectivity index is 1.84. The van der Waals surface area contributed by atoms with Gasteiger partial charge < -0.3 is 9.88 Å². The van der Waals surface area contributed by atoms with E-state index in [4.69, 9.17) is 4.98 Å². The molecule has 2 aromatic rings. The van der Waals surface area contributed by atoms with Crippen molar-refractivity contribution >= 4 is 16.5 Å². The molecule has 0 spiro atoms. The summed E-state index contributed by atoms with van der Waals surface area (Å²) in [6.07, 6.45) is 4.82. The number of hydrogen-bond donors (Lipinski definition) is 1. The molecule has 0 amide bonds. The van der Waals surface area contributed by atoms with Crippen molar-refractivity contribution in [2.45, 2.75) is 46.1 Å². The van der Waals surface area contributed by atoms with Gasteiger partial charge in [0.25, 0.3) is 0 Å². The van der Waals surface area contributed by atoms with Crippen molar-refractivity contribution in [2.75, 3.05) is 11.9 Å². The zero-order valence-corrected chi connectivity index (χ0v) is 12.3. The molecule has 0 atom stereocenters. The van der Waals surface area contributed by atoms with E-state index >= 15 is 0 Å². The average molecular weight is 277 g/mol. The quantitative estimate of drug-likeness (QED) is 0.932. The highest BCUT2D eigenvalue weighted by Gasteiger charge is 2.18. The average Bonchev–Trinajstić information content (AvgIpc) is 2.96. The van der Waals surface area contributed by atoms with Gasteiger partial charge in [-0.3, -0.25) is 0 Å². The van der Waals surface area contributed by atoms with E-state index in [9.17, 15) is 0 Å². The second kappa shape index (κ2) is 5.28. The zero-order valence-electron chi connectivity index (χ0n) is 11.4. The number of aryl methyl sites for hydroxylation is 2. The largest absolute Gasteiger partial charge is 0.360 e. The molecule has 0 radical (unpaired) electrons. The minimum absolute atomic E-state index is 0.803. The molecule has 2 aromatic heterocycles. The van der Waals surface area contributed by atoms with Crippen LogP contribution in [0.4, 0.5) is 5.13 Å². The van der Waals surface area contributed by atoms with Crippen LogP contribution < -0.4 is 5.32 Å². The number of aromatic nitrogens is 4.